The van der Waals surface area contributed by atoms with Gasteiger partial charge >= 0.3 is 5.97 Å². The predicted octanol–water partition coefficient (Wildman–Crippen LogP) is 6.06. The molecule has 4 nitrogen and oxygen atoms in total. The van der Waals surface area contributed by atoms with Gasteiger partial charge in [0.15, 0.2) is 0 Å². The molecule has 31 heavy (non-hydrogen) atoms. The number of likely N-dealkylation sites (tertiary alicyclic amines) is 1. The van der Waals surface area contributed by atoms with E-state index in [0.717, 1.165) is 46.3 Å². The quantitative estimate of drug-likeness (QED) is 0.447. The first-order chi connectivity index (χ1) is 15.1. The van der Waals surface area contributed by atoms with Gasteiger partial charge in [-0.15, -0.1) is 0 Å². The van der Waals surface area contributed by atoms with E-state index < -0.39 is 12.0 Å². The Labute approximate surface area is 191 Å². The summed E-state index contributed by atoms with van der Waals surface area (Å²) < 4.78 is 6.93. The Kier molecular flexibility index (Phi) is 7.05. The van der Waals surface area contributed by atoms with Gasteiger partial charge in [0.2, 0.25) is 0 Å². The minimum absolute atomic E-state index is 0.139. The fraction of sp³-hybridized carbons (Fsp3) is 0.269. The van der Waals surface area contributed by atoms with Gasteiger partial charge in [-0.25, -0.2) is 0 Å². The van der Waals surface area contributed by atoms with Crippen LogP contribution in [0.25, 0.3) is 0 Å². The van der Waals surface area contributed by atoms with Crippen molar-refractivity contribution in [1.29, 1.82) is 0 Å². The van der Waals surface area contributed by atoms with E-state index >= 15 is 0 Å². The van der Waals surface area contributed by atoms with Crippen LogP contribution < -0.4 is 4.74 Å². The Balaban J connectivity index is 1.62. The fourth-order valence-electron chi connectivity index (χ4n) is 4.26. The number of rotatable bonds is 7. The van der Waals surface area contributed by atoms with Crippen molar-refractivity contribution in [3.63, 3.8) is 0 Å². The average Bonchev–Trinajstić information content (AvgIpc) is 2.81. The minimum Gasteiger partial charge on any atom is -0.489 e. The molecule has 4 rings (SSSR count). The third-order valence-corrected chi connectivity index (χ3v) is 6.53. The lowest BCUT2D eigenvalue weighted by atomic mass is 9.91. The number of piperidine rings is 1. The third-order valence-electron chi connectivity index (χ3n) is 5.80. The van der Waals surface area contributed by atoms with Gasteiger partial charge in [0, 0.05) is 4.47 Å². The fourth-order valence-corrected chi connectivity index (χ4v) is 4.76. The topological polar surface area (TPSA) is 49.8 Å². The molecule has 1 aliphatic rings. The minimum atomic E-state index is -0.750. The monoisotopic (exact) mass is 479 g/mol. The summed E-state index contributed by atoms with van der Waals surface area (Å²) >= 11 is 3.68. The van der Waals surface area contributed by atoms with Crippen LogP contribution in [0.15, 0.2) is 83.3 Å². The van der Waals surface area contributed by atoms with Crippen LogP contribution in [-0.4, -0.2) is 28.6 Å². The molecule has 2 unspecified atom stereocenters. The van der Waals surface area contributed by atoms with Crippen molar-refractivity contribution in [2.75, 3.05) is 6.54 Å². The summed E-state index contributed by atoms with van der Waals surface area (Å²) in [5.41, 5.74) is 3.26. The first kappa shape index (κ1) is 21.6. The summed E-state index contributed by atoms with van der Waals surface area (Å²) in [6.07, 6.45) is 2.62. The number of aliphatic carboxylic acids is 1. The lowest BCUT2D eigenvalue weighted by Gasteiger charge is -2.40. The van der Waals surface area contributed by atoms with E-state index in [4.69, 9.17) is 4.74 Å². The van der Waals surface area contributed by atoms with Gasteiger partial charge in [0.05, 0.1) is 6.04 Å². The molecule has 1 aliphatic heterocycles. The molecule has 160 valence electrons. The molecule has 3 aromatic carbocycles. The van der Waals surface area contributed by atoms with E-state index in [1.807, 2.05) is 60.7 Å². The molecule has 5 heteroatoms. The molecule has 1 fully saturated rings. The zero-order valence-corrected chi connectivity index (χ0v) is 18.9. The van der Waals surface area contributed by atoms with Gasteiger partial charge in [-0.3, -0.25) is 9.69 Å². The average molecular weight is 480 g/mol. The molecular weight excluding hydrogens is 454 g/mol. The zero-order valence-electron chi connectivity index (χ0n) is 17.3. The van der Waals surface area contributed by atoms with Crippen molar-refractivity contribution in [1.82, 2.24) is 4.90 Å². The molecule has 1 N–H and O–H groups in total. The van der Waals surface area contributed by atoms with Crippen LogP contribution in [0.2, 0.25) is 0 Å². The van der Waals surface area contributed by atoms with Gasteiger partial charge in [0.1, 0.15) is 18.4 Å². The van der Waals surface area contributed by atoms with Crippen LogP contribution in [0.3, 0.4) is 0 Å². The van der Waals surface area contributed by atoms with Crippen molar-refractivity contribution in [2.24, 2.45) is 0 Å². The third kappa shape index (κ3) is 5.17. The summed E-state index contributed by atoms with van der Waals surface area (Å²) in [7, 11) is 0. The van der Waals surface area contributed by atoms with Crippen molar-refractivity contribution in [2.45, 2.75) is 38.0 Å². The molecule has 1 heterocycles. The largest absolute Gasteiger partial charge is 0.489 e. The van der Waals surface area contributed by atoms with E-state index in [2.05, 4.69) is 39.0 Å². The maximum Gasteiger partial charge on any atom is 0.320 e. The Bertz CT molecular complexity index is 1010. The molecule has 2 atom stereocenters. The van der Waals surface area contributed by atoms with Crippen molar-refractivity contribution < 1.29 is 14.6 Å². The van der Waals surface area contributed by atoms with Crippen LogP contribution in [0.4, 0.5) is 0 Å². The lowest BCUT2D eigenvalue weighted by Crippen LogP contribution is -2.46. The molecule has 0 radical (unpaired) electrons. The SMILES string of the molecule is O=C(O)C1CCCCN1C(c1ccc(OCc2ccccc2)cc1)c1ccccc1Br. The number of ether oxygens (including phenoxy) is 1. The van der Waals surface area contributed by atoms with Gasteiger partial charge in [-0.2, -0.15) is 0 Å². The zero-order chi connectivity index (χ0) is 21.6. The molecule has 0 spiro atoms. The first-order valence-corrected chi connectivity index (χ1v) is 11.4. The van der Waals surface area contributed by atoms with E-state index in [0.29, 0.717) is 13.0 Å². The van der Waals surface area contributed by atoms with Crippen LogP contribution in [0.1, 0.15) is 42.0 Å². The number of benzene rings is 3. The highest BCUT2D eigenvalue weighted by atomic mass is 79.9. The van der Waals surface area contributed by atoms with Gasteiger partial charge in [-0.05, 0) is 54.3 Å². The lowest BCUT2D eigenvalue weighted by molar-refractivity contribution is -0.145. The summed E-state index contributed by atoms with van der Waals surface area (Å²) in [6, 6.07) is 25.6. The van der Waals surface area contributed by atoms with Crippen molar-refractivity contribution in [3.05, 3.63) is 100 Å². The second-order valence-corrected chi connectivity index (χ2v) is 8.71. The van der Waals surface area contributed by atoms with E-state index in [1.54, 1.807) is 0 Å². The molecule has 0 aromatic heterocycles. The highest BCUT2D eigenvalue weighted by Crippen LogP contribution is 2.38. The van der Waals surface area contributed by atoms with Gasteiger partial charge in [-0.1, -0.05) is 83.0 Å². The number of hydrogen-bond acceptors (Lipinski definition) is 3. The Morgan fingerprint density at radius 1 is 1.00 bits per heavy atom. The van der Waals surface area contributed by atoms with E-state index in [-0.39, 0.29) is 6.04 Å². The van der Waals surface area contributed by atoms with Crippen LogP contribution in [0, 0.1) is 0 Å². The molecule has 0 aliphatic carbocycles. The number of carboxylic acids is 1. The number of carbonyl (C=O) groups is 1. The first-order valence-electron chi connectivity index (χ1n) is 10.6. The molecule has 0 saturated carbocycles. The van der Waals surface area contributed by atoms with Gasteiger partial charge < -0.3 is 9.84 Å². The summed E-state index contributed by atoms with van der Waals surface area (Å²) in [6.45, 7) is 1.27. The summed E-state index contributed by atoms with van der Waals surface area (Å²) in [5, 5.41) is 9.87. The standard InChI is InChI=1S/C26H26BrNO3/c27-23-11-5-4-10-22(23)25(28-17-7-6-12-24(28)26(29)30)20-13-15-21(16-14-20)31-18-19-8-2-1-3-9-19/h1-5,8-11,13-16,24-25H,6-7,12,17-18H2,(H,29,30). The Hall–Kier alpha value is -2.63. The Morgan fingerprint density at radius 2 is 1.71 bits per heavy atom. The van der Waals surface area contributed by atoms with Crippen molar-refractivity contribution >= 4 is 21.9 Å². The molecule has 1 saturated heterocycles. The van der Waals surface area contributed by atoms with Crippen LogP contribution in [0.5, 0.6) is 5.75 Å². The second-order valence-electron chi connectivity index (χ2n) is 7.86. The second kappa shape index (κ2) is 10.1. The van der Waals surface area contributed by atoms with Crippen LogP contribution in [-0.2, 0) is 11.4 Å². The molecular formula is C26H26BrNO3. The van der Waals surface area contributed by atoms with Crippen LogP contribution >= 0.6 is 15.9 Å². The number of carboxylic acid groups (broad SMARTS) is 1. The maximum absolute atomic E-state index is 12.0. The van der Waals surface area contributed by atoms with E-state index in [9.17, 15) is 9.90 Å². The molecule has 0 bridgehead atoms. The molecule has 0 amide bonds. The summed E-state index contributed by atoms with van der Waals surface area (Å²) in [4.78, 5) is 14.1. The Morgan fingerprint density at radius 3 is 2.42 bits per heavy atom. The maximum atomic E-state index is 12.0. The number of halogens is 1. The smallest absolute Gasteiger partial charge is 0.320 e. The highest BCUT2D eigenvalue weighted by Gasteiger charge is 2.35. The summed E-state index contributed by atoms with van der Waals surface area (Å²) in [5.74, 6) is 0.0477. The number of nitrogens with zero attached hydrogens (tertiary/aromatic N) is 1. The predicted molar refractivity (Wildman–Crippen MR) is 125 cm³/mol. The van der Waals surface area contributed by atoms with E-state index in [1.165, 1.54) is 0 Å². The highest BCUT2D eigenvalue weighted by molar-refractivity contribution is 9.10. The normalized spacial score (nSPS) is 17.8. The molecule has 3 aromatic rings. The van der Waals surface area contributed by atoms with Gasteiger partial charge in [0.25, 0.3) is 0 Å². The number of hydrogen-bond donors (Lipinski definition) is 1. The van der Waals surface area contributed by atoms with Crippen molar-refractivity contribution in [3.8, 4) is 5.75 Å².